The Morgan fingerprint density at radius 3 is 2.43 bits per heavy atom. The summed E-state index contributed by atoms with van der Waals surface area (Å²) in [6.07, 6.45) is 1.31. The Morgan fingerprint density at radius 2 is 1.70 bits per heavy atom. The van der Waals surface area contributed by atoms with Gasteiger partial charge in [-0.05, 0) is 44.0 Å². The lowest BCUT2D eigenvalue weighted by Gasteiger charge is -2.34. The Kier molecular flexibility index (Phi) is 5.56. The van der Waals surface area contributed by atoms with Crippen LogP contribution in [0.4, 0.5) is 10.5 Å². The van der Waals surface area contributed by atoms with Crippen LogP contribution in [0.15, 0.2) is 63.8 Å². The van der Waals surface area contributed by atoms with E-state index in [2.05, 4.69) is 10.6 Å². The molecule has 156 valence electrons. The number of oxazole rings is 1. The molecule has 1 aliphatic rings. The first kappa shape index (κ1) is 19.8. The number of benzene rings is 2. The van der Waals surface area contributed by atoms with Gasteiger partial charge in [-0.15, -0.1) is 0 Å². The lowest BCUT2D eigenvalue weighted by atomic mass is 10.0. The SMILES string of the molecule is CC(C(=O)N1CCC(NC(=O)Nc2ccccc2)CC1)n1c(=O)oc2ccccc21. The predicted octanol–water partition coefficient (Wildman–Crippen LogP) is 2.97. The van der Waals surface area contributed by atoms with Crippen LogP contribution in [-0.2, 0) is 4.79 Å². The van der Waals surface area contributed by atoms with Crippen LogP contribution in [0.5, 0.6) is 0 Å². The summed E-state index contributed by atoms with van der Waals surface area (Å²) < 4.78 is 6.65. The largest absolute Gasteiger partial charge is 0.420 e. The van der Waals surface area contributed by atoms with Gasteiger partial charge in [-0.2, -0.15) is 0 Å². The third-order valence-corrected chi connectivity index (χ3v) is 5.44. The molecule has 4 rings (SSSR count). The van der Waals surface area contributed by atoms with Crippen molar-refractivity contribution in [3.63, 3.8) is 0 Å². The molecule has 0 spiro atoms. The molecule has 0 radical (unpaired) electrons. The zero-order valence-corrected chi connectivity index (χ0v) is 16.7. The van der Waals surface area contributed by atoms with Gasteiger partial charge < -0.3 is 20.0 Å². The highest BCUT2D eigenvalue weighted by Crippen LogP contribution is 2.20. The number of urea groups is 1. The third-order valence-electron chi connectivity index (χ3n) is 5.44. The van der Waals surface area contributed by atoms with E-state index < -0.39 is 11.8 Å². The number of piperidine rings is 1. The number of anilines is 1. The molecule has 3 amide bonds. The Labute approximate surface area is 173 Å². The Bertz CT molecular complexity index is 1100. The number of likely N-dealkylation sites (tertiary alicyclic amines) is 1. The van der Waals surface area contributed by atoms with Crippen molar-refractivity contribution >= 4 is 28.7 Å². The molecule has 2 N–H and O–H groups in total. The molecule has 8 nitrogen and oxygen atoms in total. The summed E-state index contributed by atoms with van der Waals surface area (Å²) in [7, 11) is 0. The standard InChI is InChI=1S/C22H24N4O4/c1-15(26-18-9-5-6-10-19(18)30-22(26)29)20(27)25-13-11-17(12-14-25)24-21(28)23-16-7-3-2-4-8-16/h2-10,15,17H,11-14H2,1H3,(H2,23,24,28). The van der Waals surface area contributed by atoms with Gasteiger partial charge in [-0.1, -0.05) is 30.3 Å². The van der Waals surface area contributed by atoms with Gasteiger partial charge in [0.1, 0.15) is 6.04 Å². The Morgan fingerprint density at radius 1 is 1.03 bits per heavy atom. The fourth-order valence-corrected chi connectivity index (χ4v) is 3.84. The summed E-state index contributed by atoms with van der Waals surface area (Å²) in [5.41, 5.74) is 1.81. The molecule has 1 aliphatic heterocycles. The maximum Gasteiger partial charge on any atom is 0.420 e. The molecule has 1 fully saturated rings. The van der Waals surface area contributed by atoms with E-state index in [9.17, 15) is 14.4 Å². The highest BCUT2D eigenvalue weighted by molar-refractivity contribution is 5.89. The number of carbonyl (C=O) groups is 2. The van der Waals surface area contributed by atoms with Gasteiger partial charge in [-0.25, -0.2) is 9.59 Å². The zero-order chi connectivity index (χ0) is 21.1. The lowest BCUT2D eigenvalue weighted by Crippen LogP contribution is -2.49. The minimum Gasteiger partial charge on any atom is -0.408 e. The molecule has 1 atom stereocenters. The second kappa shape index (κ2) is 8.44. The van der Waals surface area contributed by atoms with E-state index in [1.165, 1.54) is 4.57 Å². The molecule has 0 saturated carbocycles. The van der Waals surface area contributed by atoms with Gasteiger partial charge in [0.15, 0.2) is 5.58 Å². The summed E-state index contributed by atoms with van der Waals surface area (Å²) in [5, 5.41) is 5.76. The number of aromatic nitrogens is 1. The number of hydrogen-bond donors (Lipinski definition) is 2. The van der Waals surface area contributed by atoms with Gasteiger partial charge in [0.25, 0.3) is 0 Å². The molecule has 2 aromatic carbocycles. The summed E-state index contributed by atoms with van der Waals surface area (Å²) >= 11 is 0. The normalized spacial score (nSPS) is 15.7. The van der Waals surface area contributed by atoms with Gasteiger partial charge >= 0.3 is 11.8 Å². The lowest BCUT2D eigenvalue weighted by molar-refractivity contribution is -0.135. The zero-order valence-electron chi connectivity index (χ0n) is 16.7. The second-order valence-corrected chi connectivity index (χ2v) is 7.45. The van der Waals surface area contributed by atoms with E-state index in [1.807, 2.05) is 36.4 Å². The quantitative estimate of drug-likeness (QED) is 0.694. The van der Waals surface area contributed by atoms with Crippen LogP contribution in [0.3, 0.4) is 0 Å². The van der Waals surface area contributed by atoms with Gasteiger partial charge in [0.05, 0.1) is 5.52 Å². The first-order valence-corrected chi connectivity index (χ1v) is 10.0. The van der Waals surface area contributed by atoms with Gasteiger partial charge in [0, 0.05) is 24.8 Å². The van der Waals surface area contributed by atoms with Crippen molar-refractivity contribution in [3.8, 4) is 0 Å². The number of amides is 3. The van der Waals surface area contributed by atoms with E-state index >= 15 is 0 Å². The van der Waals surface area contributed by atoms with Crippen molar-refractivity contribution in [2.45, 2.75) is 31.8 Å². The first-order valence-electron chi connectivity index (χ1n) is 10.0. The first-order chi connectivity index (χ1) is 14.5. The summed E-state index contributed by atoms with van der Waals surface area (Å²) in [5.74, 6) is -0.665. The van der Waals surface area contributed by atoms with Crippen molar-refractivity contribution < 1.29 is 14.0 Å². The van der Waals surface area contributed by atoms with E-state index in [0.29, 0.717) is 37.0 Å². The van der Waals surface area contributed by atoms with E-state index in [4.69, 9.17) is 4.42 Å². The average molecular weight is 408 g/mol. The van der Waals surface area contributed by atoms with Crippen LogP contribution in [0, 0.1) is 0 Å². The molecular weight excluding hydrogens is 384 g/mol. The summed E-state index contributed by atoms with van der Waals surface area (Å²) in [4.78, 5) is 39.2. The minimum absolute atomic E-state index is 0.00875. The summed E-state index contributed by atoms with van der Waals surface area (Å²) in [6.45, 7) is 2.75. The third kappa shape index (κ3) is 4.07. The highest BCUT2D eigenvalue weighted by Gasteiger charge is 2.29. The van der Waals surface area contributed by atoms with E-state index in [0.717, 1.165) is 5.69 Å². The van der Waals surface area contributed by atoms with Crippen molar-refractivity contribution in [2.24, 2.45) is 0 Å². The number of hydrogen-bond acceptors (Lipinski definition) is 4. The molecule has 1 unspecified atom stereocenters. The second-order valence-electron chi connectivity index (χ2n) is 7.45. The van der Waals surface area contributed by atoms with E-state index in [1.54, 1.807) is 30.0 Å². The monoisotopic (exact) mass is 408 g/mol. The topological polar surface area (TPSA) is 96.6 Å². The van der Waals surface area contributed by atoms with Gasteiger partial charge in [0.2, 0.25) is 5.91 Å². The molecular formula is C22H24N4O4. The number of nitrogens with zero attached hydrogens (tertiary/aromatic N) is 2. The number of para-hydroxylation sites is 3. The fourth-order valence-electron chi connectivity index (χ4n) is 3.84. The van der Waals surface area contributed by atoms with Crippen molar-refractivity contribution in [1.29, 1.82) is 0 Å². The van der Waals surface area contributed by atoms with Crippen LogP contribution in [0.25, 0.3) is 11.1 Å². The average Bonchev–Trinajstić information content (AvgIpc) is 3.09. The Hall–Kier alpha value is -3.55. The van der Waals surface area contributed by atoms with Crippen LogP contribution in [-0.4, -0.2) is 40.5 Å². The highest BCUT2D eigenvalue weighted by atomic mass is 16.4. The van der Waals surface area contributed by atoms with Crippen molar-refractivity contribution in [2.75, 3.05) is 18.4 Å². The molecule has 8 heteroatoms. The van der Waals surface area contributed by atoms with Crippen LogP contribution in [0.2, 0.25) is 0 Å². The van der Waals surface area contributed by atoms with Crippen molar-refractivity contribution in [3.05, 3.63) is 65.1 Å². The molecule has 2 heterocycles. The smallest absolute Gasteiger partial charge is 0.408 e. The maximum atomic E-state index is 13.0. The fraction of sp³-hybridized carbons (Fsp3) is 0.318. The maximum absolute atomic E-state index is 13.0. The number of carbonyl (C=O) groups excluding carboxylic acids is 2. The minimum atomic E-state index is -0.660. The van der Waals surface area contributed by atoms with E-state index in [-0.39, 0.29) is 18.0 Å². The van der Waals surface area contributed by atoms with Crippen molar-refractivity contribution in [1.82, 2.24) is 14.8 Å². The molecule has 1 saturated heterocycles. The molecule has 1 aromatic heterocycles. The van der Waals surface area contributed by atoms with Crippen LogP contribution >= 0.6 is 0 Å². The molecule has 30 heavy (non-hydrogen) atoms. The van der Waals surface area contributed by atoms with Crippen LogP contribution in [0.1, 0.15) is 25.8 Å². The number of fused-ring (bicyclic) bond motifs is 1. The molecule has 3 aromatic rings. The number of rotatable bonds is 4. The summed E-state index contributed by atoms with van der Waals surface area (Å²) in [6, 6.07) is 15.4. The Balaban J connectivity index is 1.34. The predicted molar refractivity (Wildman–Crippen MR) is 113 cm³/mol. The molecule has 0 aliphatic carbocycles. The van der Waals surface area contributed by atoms with Gasteiger partial charge in [-0.3, -0.25) is 9.36 Å². The molecule has 0 bridgehead atoms. The van der Waals surface area contributed by atoms with Crippen LogP contribution < -0.4 is 16.4 Å². The number of nitrogens with one attached hydrogen (secondary N) is 2.